The third-order valence-corrected chi connectivity index (χ3v) is 2.52. The van der Waals surface area contributed by atoms with E-state index in [1.807, 2.05) is 6.20 Å². The maximum atomic E-state index is 5.09. The molecule has 2 heterocycles. The highest BCUT2D eigenvalue weighted by Gasteiger charge is 2.23. The molecule has 0 spiro atoms. The summed E-state index contributed by atoms with van der Waals surface area (Å²) >= 11 is 1.59. The van der Waals surface area contributed by atoms with E-state index in [1.165, 1.54) is 4.88 Å². The summed E-state index contributed by atoms with van der Waals surface area (Å²) in [7, 11) is 1.64. The van der Waals surface area contributed by atoms with Gasteiger partial charge in [0, 0.05) is 17.5 Å². The molecule has 1 unspecified atom stereocenters. The summed E-state index contributed by atoms with van der Waals surface area (Å²) in [6.45, 7) is 0.903. The first-order chi connectivity index (χ1) is 5.38. The number of ether oxygens (including phenoxy) is 2. The monoisotopic (exact) mass is 171 g/mol. The lowest BCUT2D eigenvalue weighted by atomic mass is 10.3. The standard InChI is InChI=1S/C7H9NO2S/c1-9-7-8-3-6(11-7)2-5-4-10-5/h3,5H,2,4H2,1H3. The molecule has 4 heteroatoms. The summed E-state index contributed by atoms with van der Waals surface area (Å²) in [5.74, 6) is 0. The van der Waals surface area contributed by atoms with Gasteiger partial charge in [-0.3, -0.25) is 0 Å². The van der Waals surface area contributed by atoms with Gasteiger partial charge >= 0.3 is 0 Å². The largest absolute Gasteiger partial charge is 0.473 e. The highest BCUT2D eigenvalue weighted by molar-refractivity contribution is 7.13. The highest BCUT2D eigenvalue weighted by atomic mass is 32.1. The summed E-state index contributed by atoms with van der Waals surface area (Å²) in [5.41, 5.74) is 0. The second-order valence-corrected chi connectivity index (χ2v) is 3.53. The van der Waals surface area contributed by atoms with Crippen LogP contribution in [0.1, 0.15) is 4.88 Å². The molecule has 60 valence electrons. The number of hydrogen-bond acceptors (Lipinski definition) is 4. The predicted molar refractivity (Wildman–Crippen MR) is 42.1 cm³/mol. The number of thiazole rings is 1. The van der Waals surface area contributed by atoms with Crippen LogP contribution < -0.4 is 4.74 Å². The van der Waals surface area contributed by atoms with Crippen molar-refractivity contribution in [3.05, 3.63) is 11.1 Å². The second-order valence-electron chi connectivity index (χ2n) is 2.46. The molecule has 1 aromatic heterocycles. The van der Waals surface area contributed by atoms with E-state index < -0.39 is 0 Å². The van der Waals surface area contributed by atoms with Crippen LogP contribution >= 0.6 is 11.3 Å². The fraction of sp³-hybridized carbons (Fsp3) is 0.571. The predicted octanol–water partition coefficient (Wildman–Crippen LogP) is 1.09. The fourth-order valence-corrected chi connectivity index (χ4v) is 1.68. The Balaban J connectivity index is 1.99. The van der Waals surface area contributed by atoms with Gasteiger partial charge in [-0.05, 0) is 0 Å². The van der Waals surface area contributed by atoms with Crippen molar-refractivity contribution in [2.75, 3.05) is 13.7 Å². The van der Waals surface area contributed by atoms with Crippen LogP contribution in [0.5, 0.6) is 5.19 Å². The highest BCUT2D eigenvalue weighted by Crippen LogP contribution is 2.24. The Kier molecular flexibility index (Phi) is 1.79. The molecule has 1 fully saturated rings. The lowest BCUT2D eigenvalue weighted by Crippen LogP contribution is -1.87. The van der Waals surface area contributed by atoms with Crippen molar-refractivity contribution in [3.63, 3.8) is 0 Å². The summed E-state index contributed by atoms with van der Waals surface area (Å²) in [6, 6.07) is 0. The smallest absolute Gasteiger partial charge is 0.273 e. The maximum absolute atomic E-state index is 5.09. The molecule has 11 heavy (non-hydrogen) atoms. The van der Waals surface area contributed by atoms with E-state index in [0.717, 1.165) is 18.2 Å². The van der Waals surface area contributed by atoms with E-state index in [0.29, 0.717) is 6.10 Å². The molecule has 2 rings (SSSR count). The summed E-state index contributed by atoms with van der Waals surface area (Å²) in [6.07, 6.45) is 3.28. The molecule has 1 saturated heterocycles. The first-order valence-electron chi connectivity index (χ1n) is 3.49. The molecule has 0 aliphatic carbocycles. The molecule has 1 atom stereocenters. The SMILES string of the molecule is COc1ncc(CC2CO2)s1. The van der Waals surface area contributed by atoms with Gasteiger partial charge in [0.05, 0.1) is 19.8 Å². The molecule has 0 aromatic carbocycles. The normalized spacial score (nSPS) is 21.7. The second kappa shape index (κ2) is 2.79. The van der Waals surface area contributed by atoms with Gasteiger partial charge in [0.1, 0.15) is 0 Å². The van der Waals surface area contributed by atoms with E-state index in [-0.39, 0.29) is 0 Å². The average Bonchev–Trinajstić information content (AvgIpc) is 2.68. The van der Waals surface area contributed by atoms with Crippen LogP contribution in [0.2, 0.25) is 0 Å². The molecule has 1 aliphatic heterocycles. The van der Waals surface area contributed by atoms with Gasteiger partial charge in [0.25, 0.3) is 5.19 Å². The van der Waals surface area contributed by atoms with Gasteiger partial charge in [0.15, 0.2) is 0 Å². The van der Waals surface area contributed by atoms with Crippen LogP contribution in [0.15, 0.2) is 6.20 Å². The first-order valence-corrected chi connectivity index (χ1v) is 4.30. The molecule has 0 N–H and O–H groups in total. The molecule has 0 amide bonds. The van der Waals surface area contributed by atoms with Crippen LogP contribution in [0, 0.1) is 0 Å². The van der Waals surface area contributed by atoms with Crippen LogP contribution in [-0.4, -0.2) is 24.8 Å². The van der Waals surface area contributed by atoms with E-state index >= 15 is 0 Å². The Morgan fingerprint density at radius 1 is 1.91 bits per heavy atom. The summed E-state index contributed by atoms with van der Waals surface area (Å²) in [4.78, 5) is 5.30. The molecule has 0 radical (unpaired) electrons. The maximum Gasteiger partial charge on any atom is 0.273 e. The number of aromatic nitrogens is 1. The number of nitrogens with zero attached hydrogens (tertiary/aromatic N) is 1. The van der Waals surface area contributed by atoms with Crippen molar-refractivity contribution in [1.82, 2.24) is 4.98 Å². The van der Waals surface area contributed by atoms with Gasteiger partial charge < -0.3 is 9.47 Å². The lowest BCUT2D eigenvalue weighted by Gasteiger charge is -1.88. The van der Waals surface area contributed by atoms with Crippen molar-refractivity contribution in [2.45, 2.75) is 12.5 Å². The zero-order valence-corrected chi connectivity index (χ0v) is 7.06. The topological polar surface area (TPSA) is 34.6 Å². The third-order valence-electron chi connectivity index (χ3n) is 1.54. The Bertz CT molecular complexity index is 244. The zero-order valence-electron chi connectivity index (χ0n) is 6.24. The van der Waals surface area contributed by atoms with E-state index in [1.54, 1.807) is 18.4 Å². The minimum absolute atomic E-state index is 0.445. The number of rotatable bonds is 3. The number of hydrogen-bond donors (Lipinski definition) is 0. The fourth-order valence-electron chi connectivity index (χ4n) is 0.889. The Labute approximate surface area is 69.0 Å². The first kappa shape index (κ1) is 7.06. The molecule has 1 aliphatic rings. The van der Waals surface area contributed by atoms with E-state index in [9.17, 15) is 0 Å². The van der Waals surface area contributed by atoms with Crippen LogP contribution in [-0.2, 0) is 11.2 Å². The van der Waals surface area contributed by atoms with Gasteiger partial charge in [-0.2, -0.15) is 0 Å². The molecule has 3 nitrogen and oxygen atoms in total. The number of epoxide rings is 1. The molecular weight excluding hydrogens is 162 g/mol. The van der Waals surface area contributed by atoms with Gasteiger partial charge in [-0.15, -0.1) is 0 Å². The van der Waals surface area contributed by atoms with Crippen molar-refractivity contribution in [3.8, 4) is 5.19 Å². The average molecular weight is 171 g/mol. The Hall–Kier alpha value is -0.610. The number of methoxy groups -OCH3 is 1. The van der Waals surface area contributed by atoms with Crippen molar-refractivity contribution in [1.29, 1.82) is 0 Å². The summed E-state index contributed by atoms with van der Waals surface area (Å²) in [5, 5.41) is 0.737. The quantitative estimate of drug-likeness (QED) is 0.638. The molecule has 0 saturated carbocycles. The zero-order chi connectivity index (χ0) is 7.68. The van der Waals surface area contributed by atoms with Crippen molar-refractivity contribution in [2.24, 2.45) is 0 Å². The van der Waals surface area contributed by atoms with Crippen LogP contribution in [0.3, 0.4) is 0 Å². The molecule has 1 aromatic rings. The molecular formula is C7H9NO2S. The van der Waals surface area contributed by atoms with Gasteiger partial charge in [0.2, 0.25) is 0 Å². The van der Waals surface area contributed by atoms with Crippen molar-refractivity contribution < 1.29 is 9.47 Å². The van der Waals surface area contributed by atoms with E-state index in [2.05, 4.69) is 4.98 Å². The van der Waals surface area contributed by atoms with Crippen LogP contribution in [0.4, 0.5) is 0 Å². The minimum atomic E-state index is 0.445. The van der Waals surface area contributed by atoms with Gasteiger partial charge in [-0.25, -0.2) is 4.98 Å². The third kappa shape index (κ3) is 1.70. The van der Waals surface area contributed by atoms with E-state index in [4.69, 9.17) is 9.47 Å². The lowest BCUT2D eigenvalue weighted by molar-refractivity contribution is 0.408. The van der Waals surface area contributed by atoms with Crippen LogP contribution in [0.25, 0.3) is 0 Å². The summed E-state index contributed by atoms with van der Waals surface area (Å²) < 4.78 is 10.1. The van der Waals surface area contributed by atoms with Gasteiger partial charge in [-0.1, -0.05) is 11.3 Å². The molecule has 0 bridgehead atoms. The Morgan fingerprint density at radius 2 is 2.73 bits per heavy atom. The van der Waals surface area contributed by atoms with Crippen molar-refractivity contribution >= 4 is 11.3 Å². The minimum Gasteiger partial charge on any atom is -0.473 e. The Morgan fingerprint density at radius 3 is 3.27 bits per heavy atom.